The molecule has 9 heteroatoms. The van der Waals surface area contributed by atoms with Gasteiger partial charge in [0.05, 0.1) is 5.56 Å². The molecule has 0 unspecified atom stereocenters. The van der Waals surface area contributed by atoms with Crippen molar-refractivity contribution in [3.8, 4) is 5.75 Å². The maximum atomic E-state index is 11.6. The van der Waals surface area contributed by atoms with Gasteiger partial charge in [0.15, 0.2) is 0 Å². The summed E-state index contributed by atoms with van der Waals surface area (Å²) >= 11 is 0. The molecular weight excluding hydrogens is 306 g/mol. The standard InChI is InChI=1S/C11H13NO6S2/c13-10-3-1-9(2-4-10)11(14)17-5-7-19-20-8-6-18-12(15)16/h1-4,13H,5-8H2. The molecule has 0 aromatic heterocycles. The van der Waals surface area contributed by atoms with E-state index in [1.807, 2.05) is 0 Å². The molecule has 0 bridgehead atoms. The summed E-state index contributed by atoms with van der Waals surface area (Å²) in [6.45, 7) is 0.283. The summed E-state index contributed by atoms with van der Waals surface area (Å²) in [5.41, 5.74) is 0.375. The summed E-state index contributed by atoms with van der Waals surface area (Å²) in [6.07, 6.45) is 0. The predicted molar refractivity (Wildman–Crippen MR) is 76.3 cm³/mol. The first-order chi connectivity index (χ1) is 9.59. The van der Waals surface area contributed by atoms with Crippen LogP contribution in [0.15, 0.2) is 24.3 Å². The monoisotopic (exact) mass is 319 g/mol. The highest BCUT2D eigenvalue weighted by atomic mass is 33.1. The average molecular weight is 319 g/mol. The van der Waals surface area contributed by atoms with Crippen LogP contribution in [0.5, 0.6) is 5.75 Å². The summed E-state index contributed by atoms with van der Waals surface area (Å²) in [5.74, 6) is 0.697. The molecular formula is C11H13NO6S2. The quantitative estimate of drug-likeness (QED) is 0.243. The van der Waals surface area contributed by atoms with Crippen LogP contribution in [0.2, 0.25) is 0 Å². The second-order valence-corrected chi connectivity index (χ2v) is 6.09. The summed E-state index contributed by atoms with van der Waals surface area (Å²) in [4.78, 5) is 25.5. The third-order valence-electron chi connectivity index (χ3n) is 1.95. The lowest BCUT2D eigenvalue weighted by atomic mass is 10.2. The zero-order chi connectivity index (χ0) is 14.8. The Morgan fingerprint density at radius 2 is 1.80 bits per heavy atom. The predicted octanol–water partition coefficient (Wildman–Crippen LogP) is 2.14. The van der Waals surface area contributed by atoms with Crippen molar-refractivity contribution in [1.82, 2.24) is 0 Å². The zero-order valence-electron chi connectivity index (χ0n) is 10.4. The minimum Gasteiger partial charge on any atom is -0.508 e. The van der Waals surface area contributed by atoms with Crippen LogP contribution in [0.4, 0.5) is 0 Å². The third-order valence-corrected chi connectivity index (χ3v) is 4.28. The number of esters is 1. The lowest BCUT2D eigenvalue weighted by Crippen LogP contribution is -2.07. The van der Waals surface area contributed by atoms with E-state index in [9.17, 15) is 14.9 Å². The number of ether oxygens (including phenoxy) is 1. The number of rotatable bonds is 9. The number of phenols is 1. The molecule has 0 saturated heterocycles. The molecule has 0 saturated carbocycles. The van der Waals surface area contributed by atoms with Crippen molar-refractivity contribution in [2.45, 2.75) is 0 Å². The molecule has 1 N–H and O–H groups in total. The van der Waals surface area contributed by atoms with Crippen LogP contribution in [0.25, 0.3) is 0 Å². The van der Waals surface area contributed by atoms with E-state index in [4.69, 9.17) is 9.84 Å². The molecule has 0 heterocycles. The smallest absolute Gasteiger partial charge is 0.338 e. The van der Waals surface area contributed by atoms with Gasteiger partial charge in [-0.05, 0) is 24.3 Å². The second-order valence-electron chi connectivity index (χ2n) is 3.38. The number of hydrogen-bond acceptors (Lipinski definition) is 8. The highest BCUT2D eigenvalue weighted by Gasteiger charge is 2.06. The van der Waals surface area contributed by atoms with Gasteiger partial charge in [-0.25, -0.2) is 4.79 Å². The Morgan fingerprint density at radius 3 is 2.40 bits per heavy atom. The van der Waals surface area contributed by atoms with Gasteiger partial charge in [-0.3, -0.25) is 0 Å². The normalized spacial score (nSPS) is 10.0. The zero-order valence-corrected chi connectivity index (χ0v) is 12.0. The summed E-state index contributed by atoms with van der Waals surface area (Å²) in [6, 6.07) is 5.79. The molecule has 0 aliphatic heterocycles. The number of benzene rings is 1. The molecule has 0 aliphatic carbocycles. The molecule has 7 nitrogen and oxygen atoms in total. The van der Waals surface area contributed by atoms with Gasteiger partial charge in [-0.15, -0.1) is 10.1 Å². The van der Waals surface area contributed by atoms with E-state index in [0.29, 0.717) is 17.1 Å². The van der Waals surface area contributed by atoms with Gasteiger partial charge >= 0.3 is 5.97 Å². The van der Waals surface area contributed by atoms with Gasteiger partial charge in [0, 0.05) is 11.5 Å². The van der Waals surface area contributed by atoms with Crippen LogP contribution in [-0.4, -0.2) is 40.9 Å². The molecule has 0 spiro atoms. The highest BCUT2D eigenvalue weighted by molar-refractivity contribution is 8.76. The Hall–Kier alpha value is -1.61. The number of aromatic hydroxyl groups is 1. The van der Waals surface area contributed by atoms with Gasteiger partial charge in [0.2, 0.25) is 0 Å². The molecule has 0 radical (unpaired) electrons. The minimum atomic E-state index is -0.829. The van der Waals surface area contributed by atoms with Crippen molar-refractivity contribution >= 4 is 27.6 Å². The van der Waals surface area contributed by atoms with E-state index >= 15 is 0 Å². The van der Waals surface area contributed by atoms with Crippen molar-refractivity contribution in [2.24, 2.45) is 0 Å². The van der Waals surface area contributed by atoms with E-state index in [-0.39, 0.29) is 19.0 Å². The molecule has 1 aromatic carbocycles. The Morgan fingerprint density at radius 1 is 1.20 bits per heavy atom. The van der Waals surface area contributed by atoms with Crippen molar-refractivity contribution in [3.05, 3.63) is 39.9 Å². The van der Waals surface area contributed by atoms with Crippen LogP contribution in [0, 0.1) is 10.1 Å². The summed E-state index contributed by atoms with van der Waals surface area (Å²) < 4.78 is 5.02. The number of carbonyl (C=O) groups is 1. The number of carbonyl (C=O) groups excluding carboxylic acids is 1. The van der Waals surface area contributed by atoms with Gasteiger partial charge in [0.25, 0.3) is 5.09 Å². The minimum absolute atomic E-state index is 0.0396. The molecule has 0 atom stereocenters. The van der Waals surface area contributed by atoms with Crippen LogP contribution < -0.4 is 0 Å². The maximum absolute atomic E-state index is 11.6. The Kier molecular flexibility index (Phi) is 7.66. The lowest BCUT2D eigenvalue weighted by Gasteiger charge is -2.04. The molecule has 0 amide bonds. The van der Waals surface area contributed by atoms with Gasteiger partial charge in [-0.2, -0.15) is 0 Å². The van der Waals surface area contributed by atoms with E-state index in [1.165, 1.54) is 45.9 Å². The topological polar surface area (TPSA) is 98.9 Å². The first-order valence-corrected chi connectivity index (χ1v) is 8.06. The molecule has 110 valence electrons. The fourth-order valence-electron chi connectivity index (χ4n) is 1.11. The van der Waals surface area contributed by atoms with Crippen molar-refractivity contribution in [1.29, 1.82) is 0 Å². The summed E-state index contributed by atoms with van der Waals surface area (Å²) in [5, 5.41) is 18.1. The molecule has 1 rings (SSSR count). The lowest BCUT2D eigenvalue weighted by molar-refractivity contribution is -0.756. The van der Waals surface area contributed by atoms with Crippen LogP contribution >= 0.6 is 21.6 Å². The van der Waals surface area contributed by atoms with Crippen molar-refractivity contribution in [3.63, 3.8) is 0 Å². The van der Waals surface area contributed by atoms with E-state index in [2.05, 4.69) is 4.84 Å². The molecule has 0 fully saturated rings. The molecule has 20 heavy (non-hydrogen) atoms. The molecule has 1 aromatic rings. The van der Waals surface area contributed by atoms with Crippen molar-refractivity contribution < 1.29 is 24.6 Å². The maximum Gasteiger partial charge on any atom is 0.338 e. The largest absolute Gasteiger partial charge is 0.508 e. The number of nitrogens with zero attached hydrogens (tertiary/aromatic N) is 1. The highest BCUT2D eigenvalue weighted by Crippen LogP contribution is 2.20. The van der Waals surface area contributed by atoms with Gasteiger partial charge < -0.3 is 14.7 Å². The molecule has 0 aliphatic rings. The van der Waals surface area contributed by atoms with Crippen LogP contribution in [0.1, 0.15) is 10.4 Å². The van der Waals surface area contributed by atoms with Gasteiger partial charge in [0.1, 0.15) is 19.0 Å². The Bertz CT molecular complexity index is 439. The number of hydrogen-bond donors (Lipinski definition) is 1. The van der Waals surface area contributed by atoms with E-state index in [1.54, 1.807) is 0 Å². The fourth-order valence-corrected chi connectivity index (χ4v) is 2.76. The van der Waals surface area contributed by atoms with E-state index < -0.39 is 11.1 Å². The van der Waals surface area contributed by atoms with E-state index in [0.717, 1.165) is 0 Å². The second kappa shape index (κ2) is 9.32. The van der Waals surface area contributed by atoms with Crippen LogP contribution in [-0.2, 0) is 9.57 Å². The fraction of sp³-hybridized carbons (Fsp3) is 0.364. The first-order valence-electron chi connectivity index (χ1n) is 5.57. The first kappa shape index (κ1) is 16.4. The summed E-state index contributed by atoms with van der Waals surface area (Å²) in [7, 11) is 2.85. The Labute approximate surface area is 123 Å². The average Bonchev–Trinajstić information content (AvgIpc) is 2.42. The Balaban J connectivity index is 2.05. The number of phenolic OH excluding ortho intramolecular Hbond substituents is 1. The van der Waals surface area contributed by atoms with Crippen molar-refractivity contribution in [2.75, 3.05) is 24.7 Å². The SMILES string of the molecule is O=C(OCCSSCCO[N+](=O)[O-])c1ccc(O)cc1. The van der Waals surface area contributed by atoms with Gasteiger partial charge in [-0.1, -0.05) is 21.6 Å². The third kappa shape index (κ3) is 7.10. The van der Waals surface area contributed by atoms with Crippen LogP contribution in [0.3, 0.4) is 0 Å².